The first-order valence-electron chi connectivity index (χ1n) is 9.32. The summed E-state index contributed by atoms with van der Waals surface area (Å²) in [4.78, 5) is 21.4. The van der Waals surface area contributed by atoms with Crippen LogP contribution in [0.15, 0.2) is 35.5 Å². The average molecular weight is 425 g/mol. The number of nitrogens with zero attached hydrogens (tertiary/aromatic N) is 3. The summed E-state index contributed by atoms with van der Waals surface area (Å²) in [5, 5.41) is 12.1. The lowest BCUT2D eigenvalue weighted by molar-refractivity contribution is 0.102. The fourth-order valence-corrected chi connectivity index (χ4v) is 4.96. The molecule has 0 bridgehead atoms. The van der Waals surface area contributed by atoms with Crippen molar-refractivity contribution in [1.82, 2.24) is 4.98 Å². The molecule has 0 saturated carbocycles. The van der Waals surface area contributed by atoms with E-state index >= 15 is 0 Å². The van der Waals surface area contributed by atoms with E-state index in [1.54, 1.807) is 19.1 Å². The molecule has 0 spiro atoms. The topological polar surface area (TPSA) is 113 Å². The number of aryl methyl sites for hydroxylation is 1. The largest absolute Gasteiger partial charge is 0.379 e. The molecule has 2 aliphatic heterocycles. The third-order valence-corrected chi connectivity index (χ3v) is 6.83. The molecule has 0 unspecified atom stereocenters. The zero-order valence-electron chi connectivity index (χ0n) is 16.5. The van der Waals surface area contributed by atoms with Crippen molar-refractivity contribution in [2.75, 3.05) is 24.3 Å². The molecule has 2 atom stereocenters. The van der Waals surface area contributed by atoms with Crippen LogP contribution in [0.25, 0.3) is 0 Å². The number of aliphatic imine (C=N–C) groups is 1. The van der Waals surface area contributed by atoms with Gasteiger partial charge in [0.05, 0.1) is 18.8 Å². The zero-order valence-corrected chi connectivity index (χ0v) is 17.3. The van der Waals surface area contributed by atoms with Crippen LogP contribution in [-0.2, 0) is 10.3 Å². The van der Waals surface area contributed by atoms with Crippen LogP contribution in [0.1, 0.15) is 34.1 Å². The number of amidine groups is 1. The zero-order chi connectivity index (χ0) is 21.5. The fourth-order valence-electron chi connectivity index (χ4n) is 3.95. The summed E-state index contributed by atoms with van der Waals surface area (Å²) in [5.74, 6) is -0.215. The number of aromatic nitrogens is 1. The number of pyridine rings is 1. The maximum Gasteiger partial charge on any atom is 0.274 e. The lowest BCUT2D eigenvalue weighted by Gasteiger charge is -2.42. The Morgan fingerprint density at radius 3 is 2.93 bits per heavy atom. The van der Waals surface area contributed by atoms with E-state index in [2.05, 4.69) is 15.3 Å². The van der Waals surface area contributed by atoms with E-state index in [0.29, 0.717) is 39.9 Å². The number of anilines is 1. The van der Waals surface area contributed by atoms with Crippen molar-refractivity contribution >= 4 is 28.5 Å². The molecule has 1 aromatic carbocycles. The number of amides is 1. The Hall–Kier alpha value is -2.96. The molecular weight excluding hydrogens is 405 g/mol. The van der Waals surface area contributed by atoms with E-state index in [1.165, 1.54) is 30.1 Å². The van der Waals surface area contributed by atoms with E-state index < -0.39 is 22.7 Å². The molecule has 3 N–H and O–H groups in total. The predicted molar refractivity (Wildman–Crippen MR) is 113 cm³/mol. The summed E-state index contributed by atoms with van der Waals surface area (Å²) in [5.41, 5.74) is 6.52. The number of nitrogens with two attached hydrogens (primary N) is 1. The second-order valence-corrected chi connectivity index (χ2v) is 8.80. The molecule has 4 rings (SSSR count). The van der Waals surface area contributed by atoms with E-state index in [-0.39, 0.29) is 12.3 Å². The predicted octanol–water partition coefficient (Wildman–Crippen LogP) is 2.95. The molecule has 2 aliphatic rings. The number of hydrogen-bond donors (Lipinski definition) is 2. The molecule has 9 heteroatoms. The molecule has 1 saturated heterocycles. The maximum atomic E-state index is 15.0. The SMILES string of the molecule is Cc1cc(C#N)cnc1C(=O)Nc1ccc(F)c([C@]23COC[C@@]2(C)CSC(N)=N3)c1. The van der Waals surface area contributed by atoms with Crippen LogP contribution in [0, 0.1) is 29.5 Å². The summed E-state index contributed by atoms with van der Waals surface area (Å²) < 4.78 is 20.7. The molecule has 1 amide bonds. The van der Waals surface area contributed by atoms with Crippen LogP contribution < -0.4 is 11.1 Å². The minimum atomic E-state index is -0.949. The summed E-state index contributed by atoms with van der Waals surface area (Å²) in [6.45, 7) is 4.38. The van der Waals surface area contributed by atoms with Crippen molar-refractivity contribution in [3.05, 3.63) is 58.7 Å². The minimum Gasteiger partial charge on any atom is -0.379 e. The second-order valence-electron chi connectivity index (χ2n) is 7.80. The van der Waals surface area contributed by atoms with E-state index in [9.17, 15) is 9.18 Å². The Labute approximate surface area is 177 Å². The number of carbonyl (C=O) groups is 1. The minimum absolute atomic E-state index is 0.198. The van der Waals surface area contributed by atoms with Crippen molar-refractivity contribution in [3.8, 4) is 6.07 Å². The highest BCUT2D eigenvalue weighted by molar-refractivity contribution is 8.13. The highest BCUT2D eigenvalue weighted by atomic mass is 32.2. The first-order chi connectivity index (χ1) is 14.3. The van der Waals surface area contributed by atoms with Crippen molar-refractivity contribution in [1.29, 1.82) is 5.26 Å². The Morgan fingerprint density at radius 1 is 1.40 bits per heavy atom. The molecule has 0 radical (unpaired) electrons. The van der Waals surface area contributed by atoms with Gasteiger partial charge in [-0.15, -0.1) is 0 Å². The number of halogens is 1. The van der Waals surface area contributed by atoms with Gasteiger partial charge in [-0.2, -0.15) is 5.26 Å². The molecule has 2 aromatic rings. The van der Waals surface area contributed by atoms with Crippen molar-refractivity contribution in [2.45, 2.75) is 19.4 Å². The summed E-state index contributed by atoms with van der Waals surface area (Å²) in [7, 11) is 0. The summed E-state index contributed by atoms with van der Waals surface area (Å²) in [6, 6.07) is 7.97. The van der Waals surface area contributed by atoms with Gasteiger partial charge >= 0.3 is 0 Å². The third kappa shape index (κ3) is 3.22. The van der Waals surface area contributed by atoms with E-state index in [0.717, 1.165) is 0 Å². The number of thioether (sulfide) groups is 1. The van der Waals surface area contributed by atoms with Crippen LogP contribution in [-0.4, -0.2) is 35.0 Å². The van der Waals surface area contributed by atoms with Gasteiger partial charge in [-0.25, -0.2) is 14.4 Å². The van der Waals surface area contributed by atoms with Gasteiger partial charge in [0.25, 0.3) is 5.91 Å². The molecule has 0 aliphatic carbocycles. The van der Waals surface area contributed by atoms with Gasteiger partial charge in [-0.1, -0.05) is 18.7 Å². The smallest absolute Gasteiger partial charge is 0.274 e. The lowest BCUT2D eigenvalue weighted by atomic mass is 9.70. The van der Waals surface area contributed by atoms with Crippen molar-refractivity contribution in [2.24, 2.45) is 16.1 Å². The average Bonchev–Trinajstić information content (AvgIpc) is 3.06. The Morgan fingerprint density at radius 2 is 2.20 bits per heavy atom. The number of rotatable bonds is 3. The lowest BCUT2D eigenvalue weighted by Crippen LogP contribution is -2.48. The highest BCUT2D eigenvalue weighted by Gasteiger charge is 2.57. The van der Waals surface area contributed by atoms with E-state index in [1.807, 2.05) is 13.0 Å². The molecule has 30 heavy (non-hydrogen) atoms. The van der Waals surface area contributed by atoms with Gasteiger partial charge in [0.1, 0.15) is 23.1 Å². The molecule has 1 fully saturated rings. The van der Waals surface area contributed by atoms with Gasteiger partial charge in [0.2, 0.25) is 0 Å². The summed E-state index contributed by atoms with van der Waals surface area (Å²) in [6.07, 6.45) is 1.34. The van der Waals surface area contributed by atoms with Crippen LogP contribution in [0.3, 0.4) is 0 Å². The normalized spacial score (nSPS) is 25.2. The van der Waals surface area contributed by atoms with Crippen LogP contribution in [0.2, 0.25) is 0 Å². The number of fused-ring (bicyclic) bond motifs is 1. The summed E-state index contributed by atoms with van der Waals surface area (Å²) >= 11 is 1.43. The number of benzene rings is 1. The fraction of sp³-hybridized carbons (Fsp3) is 0.333. The Kier molecular flexibility index (Phi) is 5.00. The standard InChI is InChI=1S/C21H20FN5O2S/c1-12-5-13(7-23)8-25-17(12)18(28)26-14-3-4-16(22)15(6-14)21-10-29-9-20(21,2)11-30-19(24)27-21/h3-6,8H,9-11H2,1-2H3,(H2,24,27)(H,26,28)/t20-,21+/m0/s1. The molecule has 154 valence electrons. The monoisotopic (exact) mass is 425 g/mol. The van der Waals surface area contributed by atoms with Gasteiger partial charge in [0.15, 0.2) is 5.17 Å². The molecule has 1 aromatic heterocycles. The van der Waals surface area contributed by atoms with Gasteiger partial charge in [-0.05, 0) is 36.8 Å². The quantitative estimate of drug-likeness (QED) is 0.782. The second kappa shape index (κ2) is 7.38. The number of nitriles is 1. The highest BCUT2D eigenvalue weighted by Crippen LogP contribution is 2.53. The Bertz CT molecular complexity index is 1120. The molecule has 7 nitrogen and oxygen atoms in total. The number of hydrogen-bond acceptors (Lipinski definition) is 7. The first-order valence-corrected chi connectivity index (χ1v) is 10.3. The number of ether oxygens (including phenoxy) is 1. The van der Waals surface area contributed by atoms with Crippen LogP contribution >= 0.6 is 11.8 Å². The number of carbonyl (C=O) groups excluding carboxylic acids is 1. The van der Waals surface area contributed by atoms with Crippen molar-refractivity contribution in [3.63, 3.8) is 0 Å². The Balaban J connectivity index is 1.70. The van der Waals surface area contributed by atoms with Gasteiger partial charge < -0.3 is 15.8 Å². The molecular formula is C21H20FN5O2S. The van der Waals surface area contributed by atoms with Crippen LogP contribution in [0.5, 0.6) is 0 Å². The first kappa shape index (κ1) is 20.3. The maximum absolute atomic E-state index is 15.0. The third-order valence-electron chi connectivity index (χ3n) is 5.66. The van der Waals surface area contributed by atoms with Gasteiger partial charge in [-0.3, -0.25) is 4.79 Å². The molecule has 3 heterocycles. The van der Waals surface area contributed by atoms with E-state index in [4.69, 9.17) is 15.7 Å². The van der Waals surface area contributed by atoms with Gasteiger partial charge in [0, 0.05) is 28.6 Å². The van der Waals surface area contributed by atoms with Crippen molar-refractivity contribution < 1.29 is 13.9 Å². The number of nitrogens with one attached hydrogen (secondary N) is 1. The van der Waals surface area contributed by atoms with Crippen LogP contribution in [0.4, 0.5) is 10.1 Å².